The SMILES string of the molecule is COCCCN(CCOC)C(=O)c1nnc(N)s1. The Morgan fingerprint density at radius 1 is 1.28 bits per heavy atom. The lowest BCUT2D eigenvalue weighted by atomic mass is 10.3. The molecule has 1 amide bonds. The molecule has 0 saturated carbocycles. The standard InChI is InChI=1S/C10H18N4O3S/c1-16-6-3-4-14(5-7-17-2)9(15)8-12-13-10(11)18-8/h3-7H2,1-2H3,(H2,11,13). The summed E-state index contributed by atoms with van der Waals surface area (Å²) in [6.45, 7) is 2.19. The van der Waals surface area contributed by atoms with Crippen molar-refractivity contribution in [3.63, 3.8) is 0 Å². The van der Waals surface area contributed by atoms with Crippen molar-refractivity contribution in [2.45, 2.75) is 6.42 Å². The highest BCUT2D eigenvalue weighted by Crippen LogP contribution is 2.13. The molecule has 0 spiro atoms. The van der Waals surface area contributed by atoms with Crippen LogP contribution in [0.4, 0.5) is 5.13 Å². The van der Waals surface area contributed by atoms with Gasteiger partial charge in [0.05, 0.1) is 6.61 Å². The summed E-state index contributed by atoms with van der Waals surface area (Å²) >= 11 is 1.09. The zero-order valence-corrected chi connectivity index (χ0v) is 11.4. The van der Waals surface area contributed by atoms with E-state index < -0.39 is 0 Å². The maximum absolute atomic E-state index is 12.1. The number of hydrogen-bond acceptors (Lipinski definition) is 7. The molecule has 0 bridgehead atoms. The van der Waals surface area contributed by atoms with Crippen molar-refractivity contribution in [2.24, 2.45) is 0 Å². The first-order chi connectivity index (χ1) is 8.69. The minimum atomic E-state index is -0.169. The van der Waals surface area contributed by atoms with Crippen LogP contribution in [0.5, 0.6) is 0 Å². The average molecular weight is 274 g/mol. The lowest BCUT2D eigenvalue weighted by Gasteiger charge is -2.20. The molecule has 0 radical (unpaired) electrons. The van der Waals surface area contributed by atoms with Crippen LogP contribution in [0.2, 0.25) is 0 Å². The predicted molar refractivity (Wildman–Crippen MR) is 68.6 cm³/mol. The van der Waals surface area contributed by atoms with Crippen LogP contribution in [0.25, 0.3) is 0 Å². The van der Waals surface area contributed by atoms with E-state index in [0.29, 0.717) is 36.4 Å². The summed E-state index contributed by atoms with van der Waals surface area (Å²) in [5.41, 5.74) is 5.47. The Labute approximate surface area is 110 Å². The topological polar surface area (TPSA) is 90.6 Å². The van der Waals surface area contributed by atoms with Gasteiger partial charge >= 0.3 is 0 Å². The number of rotatable bonds is 8. The number of anilines is 1. The van der Waals surface area contributed by atoms with E-state index in [4.69, 9.17) is 15.2 Å². The van der Waals surface area contributed by atoms with Crippen molar-refractivity contribution in [1.82, 2.24) is 15.1 Å². The minimum absolute atomic E-state index is 0.169. The third-order valence-corrected chi connectivity index (χ3v) is 2.99. The molecular formula is C10H18N4O3S. The van der Waals surface area contributed by atoms with Crippen LogP contribution in [-0.4, -0.2) is 61.5 Å². The second-order valence-corrected chi connectivity index (χ2v) is 4.59. The third kappa shape index (κ3) is 4.55. The fraction of sp³-hybridized carbons (Fsp3) is 0.700. The number of nitrogen functional groups attached to an aromatic ring is 1. The lowest BCUT2D eigenvalue weighted by Crippen LogP contribution is -2.35. The Hall–Kier alpha value is -1.25. The largest absolute Gasteiger partial charge is 0.385 e. The van der Waals surface area contributed by atoms with E-state index in [1.54, 1.807) is 19.1 Å². The summed E-state index contributed by atoms with van der Waals surface area (Å²) in [7, 11) is 3.23. The molecule has 18 heavy (non-hydrogen) atoms. The summed E-state index contributed by atoms with van der Waals surface area (Å²) in [6.07, 6.45) is 0.764. The van der Waals surface area contributed by atoms with Gasteiger partial charge in [0.1, 0.15) is 0 Å². The monoisotopic (exact) mass is 274 g/mol. The van der Waals surface area contributed by atoms with Gasteiger partial charge in [-0.2, -0.15) is 0 Å². The molecule has 1 aromatic rings. The number of hydrogen-bond donors (Lipinski definition) is 1. The van der Waals surface area contributed by atoms with Gasteiger partial charge in [-0.3, -0.25) is 4.79 Å². The molecule has 0 unspecified atom stereocenters. The van der Waals surface area contributed by atoms with Crippen molar-refractivity contribution in [3.05, 3.63) is 5.01 Å². The van der Waals surface area contributed by atoms with E-state index >= 15 is 0 Å². The first-order valence-corrected chi connectivity index (χ1v) is 6.36. The maximum Gasteiger partial charge on any atom is 0.284 e. The second kappa shape index (κ2) is 7.96. The quantitative estimate of drug-likeness (QED) is 0.683. The summed E-state index contributed by atoms with van der Waals surface area (Å²) in [5, 5.41) is 7.99. The molecule has 1 heterocycles. The first kappa shape index (κ1) is 14.8. The minimum Gasteiger partial charge on any atom is -0.385 e. The molecule has 0 aliphatic carbocycles. The molecule has 102 valence electrons. The van der Waals surface area contributed by atoms with E-state index in [-0.39, 0.29) is 5.91 Å². The fourth-order valence-corrected chi connectivity index (χ4v) is 1.95. The van der Waals surface area contributed by atoms with Crippen molar-refractivity contribution < 1.29 is 14.3 Å². The van der Waals surface area contributed by atoms with Gasteiger partial charge in [0.25, 0.3) is 5.91 Å². The van der Waals surface area contributed by atoms with Crippen LogP contribution >= 0.6 is 11.3 Å². The van der Waals surface area contributed by atoms with Gasteiger partial charge in [0, 0.05) is 33.9 Å². The number of nitrogens with zero attached hydrogens (tertiary/aromatic N) is 3. The van der Waals surface area contributed by atoms with Crippen LogP contribution in [0.15, 0.2) is 0 Å². The average Bonchev–Trinajstić information content (AvgIpc) is 2.79. The summed E-state index contributed by atoms with van der Waals surface area (Å²) in [4.78, 5) is 13.8. The van der Waals surface area contributed by atoms with Gasteiger partial charge in [0.15, 0.2) is 0 Å². The smallest absolute Gasteiger partial charge is 0.284 e. The van der Waals surface area contributed by atoms with Crippen LogP contribution in [0.1, 0.15) is 16.2 Å². The Balaban J connectivity index is 2.59. The Morgan fingerprint density at radius 2 is 2.00 bits per heavy atom. The number of ether oxygens (including phenoxy) is 2. The molecule has 8 heteroatoms. The number of amides is 1. The number of carbonyl (C=O) groups is 1. The molecule has 0 aromatic carbocycles. The van der Waals surface area contributed by atoms with Crippen molar-refractivity contribution in [3.8, 4) is 0 Å². The van der Waals surface area contributed by atoms with Gasteiger partial charge in [-0.1, -0.05) is 11.3 Å². The summed E-state index contributed by atoms with van der Waals surface area (Å²) < 4.78 is 9.96. The van der Waals surface area contributed by atoms with Gasteiger partial charge in [-0.05, 0) is 6.42 Å². The lowest BCUT2D eigenvalue weighted by molar-refractivity contribution is 0.0673. The second-order valence-electron chi connectivity index (χ2n) is 3.58. The van der Waals surface area contributed by atoms with E-state index in [0.717, 1.165) is 17.8 Å². The molecule has 0 fully saturated rings. The van der Waals surface area contributed by atoms with Crippen LogP contribution in [0.3, 0.4) is 0 Å². The van der Waals surface area contributed by atoms with Crippen LogP contribution in [0, 0.1) is 0 Å². The van der Waals surface area contributed by atoms with Crippen LogP contribution in [-0.2, 0) is 9.47 Å². The fourth-order valence-electron chi connectivity index (χ4n) is 1.37. The zero-order valence-electron chi connectivity index (χ0n) is 10.6. The van der Waals surface area contributed by atoms with E-state index in [1.165, 1.54) is 0 Å². The first-order valence-electron chi connectivity index (χ1n) is 5.55. The summed E-state index contributed by atoms with van der Waals surface area (Å²) in [6, 6.07) is 0. The van der Waals surface area contributed by atoms with Gasteiger partial charge < -0.3 is 20.1 Å². The Bertz CT molecular complexity index is 372. The zero-order chi connectivity index (χ0) is 13.4. The van der Waals surface area contributed by atoms with E-state index in [9.17, 15) is 4.79 Å². The molecule has 1 rings (SSSR count). The molecule has 2 N–H and O–H groups in total. The molecule has 0 aliphatic heterocycles. The van der Waals surface area contributed by atoms with Gasteiger partial charge in [-0.15, -0.1) is 10.2 Å². The van der Waals surface area contributed by atoms with Gasteiger partial charge in [-0.25, -0.2) is 0 Å². The van der Waals surface area contributed by atoms with Crippen molar-refractivity contribution in [1.29, 1.82) is 0 Å². The molecule has 7 nitrogen and oxygen atoms in total. The molecule has 0 saturated heterocycles. The molecule has 0 atom stereocenters. The van der Waals surface area contributed by atoms with Crippen molar-refractivity contribution >= 4 is 22.4 Å². The summed E-state index contributed by atoms with van der Waals surface area (Å²) in [5.74, 6) is -0.169. The highest BCUT2D eigenvalue weighted by Gasteiger charge is 2.19. The van der Waals surface area contributed by atoms with Crippen molar-refractivity contribution in [2.75, 3.05) is 46.3 Å². The molecular weight excluding hydrogens is 256 g/mol. The van der Waals surface area contributed by atoms with E-state index in [2.05, 4.69) is 10.2 Å². The maximum atomic E-state index is 12.1. The highest BCUT2D eigenvalue weighted by atomic mass is 32.1. The number of methoxy groups -OCH3 is 2. The number of nitrogens with two attached hydrogens (primary N) is 1. The molecule has 0 aliphatic rings. The highest BCUT2D eigenvalue weighted by molar-refractivity contribution is 7.16. The Morgan fingerprint density at radius 3 is 2.56 bits per heavy atom. The Kier molecular flexibility index (Phi) is 6.55. The predicted octanol–water partition coefficient (Wildman–Crippen LogP) is 0.245. The number of aromatic nitrogens is 2. The van der Waals surface area contributed by atoms with Crippen LogP contribution < -0.4 is 5.73 Å². The normalized spacial score (nSPS) is 10.6. The number of carbonyl (C=O) groups excluding carboxylic acids is 1. The van der Waals surface area contributed by atoms with Gasteiger partial charge in [0.2, 0.25) is 10.1 Å². The molecule has 1 aromatic heterocycles. The third-order valence-electron chi connectivity index (χ3n) is 2.25. The van der Waals surface area contributed by atoms with E-state index in [1.807, 2.05) is 0 Å².